The summed E-state index contributed by atoms with van der Waals surface area (Å²) < 4.78 is 5.73. The largest absolute Gasteiger partial charge is 0.458 e. The molecule has 0 bridgehead atoms. The zero-order valence-electron chi connectivity index (χ0n) is 9.44. The van der Waals surface area contributed by atoms with Crippen molar-refractivity contribution in [2.75, 3.05) is 0 Å². The molecule has 0 aliphatic heterocycles. The summed E-state index contributed by atoms with van der Waals surface area (Å²) in [5.41, 5.74) is 0. The van der Waals surface area contributed by atoms with Crippen molar-refractivity contribution in [1.29, 1.82) is 0 Å². The lowest BCUT2D eigenvalue weighted by Gasteiger charge is -2.09. The standard InChI is InChI=1S/C14H18O/c1-3-5-10-13(9-4-2)15-14-11-7-6-8-12-14/h3-5,7,9-12H,6,8H2,1-2H3/b5-3-,9-4-,13-10+. The lowest BCUT2D eigenvalue weighted by atomic mass is 10.2. The molecule has 0 fully saturated rings. The second-order valence-electron chi connectivity index (χ2n) is 3.28. The molecule has 0 heterocycles. The highest BCUT2D eigenvalue weighted by molar-refractivity contribution is 5.24. The number of hydrogen-bond acceptors (Lipinski definition) is 1. The van der Waals surface area contributed by atoms with Crippen LogP contribution < -0.4 is 0 Å². The Morgan fingerprint density at radius 1 is 1.27 bits per heavy atom. The van der Waals surface area contributed by atoms with E-state index in [2.05, 4.69) is 12.2 Å². The fraction of sp³-hybridized carbons (Fsp3) is 0.286. The number of hydrogen-bond donors (Lipinski definition) is 0. The Kier molecular flexibility index (Phi) is 5.31. The van der Waals surface area contributed by atoms with Crippen molar-refractivity contribution in [1.82, 2.24) is 0 Å². The predicted molar refractivity (Wildman–Crippen MR) is 65.3 cm³/mol. The molecular formula is C14H18O. The molecule has 0 spiro atoms. The van der Waals surface area contributed by atoms with Crippen molar-refractivity contribution in [3.63, 3.8) is 0 Å². The van der Waals surface area contributed by atoms with Gasteiger partial charge in [-0.15, -0.1) is 0 Å². The SMILES string of the molecule is C\C=C/C=C(\C=C/C)OC1=CCCC=C1. The molecule has 0 amide bonds. The fourth-order valence-corrected chi connectivity index (χ4v) is 1.28. The van der Waals surface area contributed by atoms with Crippen molar-refractivity contribution < 1.29 is 4.74 Å². The van der Waals surface area contributed by atoms with Gasteiger partial charge in [0.05, 0.1) is 0 Å². The summed E-state index contributed by atoms with van der Waals surface area (Å²) in [5, 5.41) is 0. The van der Waals surface area contributed by atoms with Crippen LogP contribution in [0.5, 0.6) is 0 Å². The van der Waals surface area contributed by atoms with Crippen molar-refractivity contribution in [3.05, 3.63) is 60.1 Å². The quantitative estimate of drug-likeness (QED) is 0.488. The Balaban J connectivity index is 2.66. The molecule has 0 aromatic carbocycles. The van der Waals surface area contributed by atoms with Gasteiger partial charge in [-0.05, 0) is 51.0 Å². The van der Waals surface area contributed by atoms with E-state index in [9.17, 15) is 0 Å². The van der Waals surface area contributed by atoms with Gasteiger partial charge in [0.2, 0.25) is 0 Å². The average molecular weight is 202 g/mol. The van der Waals surface area contributed by atoms with Gasteiger partial charge >= 0.3 is 0 Å². The predicted octanol–water partition coefficient (Wildman–Crippen LogP) is 4.27. The zero-order chi connectivity index (χ0) is 10.9. The van der Waals surface area contributed by atoms with Gasteiger partial charge in [-0.2, -0.15) is 0 Å². The zero-order valence-corrected chi connectivity index (χ0v) is 9.44. The Morgan fingerprint density at radius 2 is 2.13 bits per heavy atom. The van der Waals surface area contributed by atoms with Crippen LogP contribution in [0, 0.1) is 0 Å². The van der Waals surface area contributed by atoms with E-state index in [0.717, 1.165) is 24.4 Å². The second kappa shape index (κ2) is 6.88. The monoisotopic (exact) mass is 202 g/mol. The number of ether oxygens (including phenoxy) is 1. The van der Waals surface area contributed by atoms with Gasteiger partial charge in [0.25, 0.3) is 0 Å². The second-order valence-corrected chi connectivity index (χ2v) is 3.28. The van der Waals surface area contributed by atoms with Crippen LogP contribution >= 0.6 is 0 Å². The minimum atomic E-state index is 0.869. The minimum Gasteiger partial charge on any atom is -0.458 e. The third kappa shape index (κ3) is 4.50. The molecule has 0 aromatic heterocycles. The lowest BCUT2D eigenvalue weighted by Crippen LogP contribution is -1.91. The summed E-state index contributed by atoms with van der Waals surface area (Å²) in [6.07, 6.45) is 18.3. The summed E-state index contributed by atoms with van der Waals surface area (Å²) in [5.74, 6) is 1.81. The van der Waals surface area contributed by atoms with Crippen LogP contribution in [-0.2, 0) is 4.74 Å². The van der Waals surface area contributed by atoms with E-state index in [0.29, 0.717) is 0 Å². The summed E-state index contributed by atoms with van der Waals surface area (Å²) in [4.78, 5) is 0. The molecule has 1 nitrogen and oxygen atoms in total. The van der Waals surface area contributed by atoms with Gasteiger partial charge in [0.15, 0.2) is 0 Å². The molecule has 0 unspecified atom stereocenters. The van der Waals surface area contributed by atoms with Gasteiger partial charge in [-0.25, -0.2) is 0 Å². The van der Waals surface area contributed by atoms with Gasteiger partial charge in [0, 0.05) is 0 Å². The molecule has 0 saturated heterocycles. The average Bonchev–Trinajstić information content (AvgIpc) is 2.28. The third-order valence-corrected chi connectivity index (χ3v) is 1.98. The molecular weight excluding hydrogens is 184 g/mol. The molecule has 0 radical (unpaired) electrons. The van der Waals surface area contributed by atoms with Crippen LogP contribution in [0.3, 0.4) is 0 Å². The summed E-state index contributed by atoms with van der Waals surface area (Å²) in [6.45, 7) is 3.97. The first kappa shape index (κ1) is 11.6. The van der Waals surface area contributed by atoms with E-state index < -0.39 is 0 Å². The molecule has 1 aliphatic rings. The van der Waals surface area contributed by atoms with Gasteiger partial charge < -0.3 is 4.74 Å². The van der Waals surface area contributed by atoms with E-state index >= 15 is 0 Å². The highest BCUT2D eigenvalue weighted by Gasteiger charge is 1.99. The Morgan fingerprint density at radius 3 is 2.73 bits per heavy atom. The third-order valence-electron chi connectivity index (χ3n) is 1.98. The lowest BCUT2D eigenvalue weighted by molar-refractivity contribution is 0.332. The van der Waals surface area contributed by atoms with Crippen LogP contribution in [0.25, 0.3) is 0 Å². The molecule has 15 heavy (non-hydrogen) atoms. The molecule has 1 heteroatoms. The van der Waals surface area contributed by atoms with E-state index in [1.807, 2.05) is 50.3 Å². The van der Waals surface area contributed by atoms with Crippen LogP contribution in [0.2, 0.25) is 0 Å². The summed E-state index contributed by atoms with van der Waals surface area (Å²) in [6, 6.07) is 0. The maximum Gasteiger partial charge on any atom is 0.127 e. The number of rotatable bonds is 4. The van der Waals surface area contributed by atoms with Crippen molar-refractivity contribution in [2.45, 2.75) is 26.7 Å². The minimum absolute atomic E-state index is 0.869. The normalized spacial score (nSPS) is 17.5. The maximum absolute atomic E-state index is 5.73. The van der Waals surface area contributed by atoms with Gasteiger partial charge in [0.1, 0.15) is 11.5 Å². The Bertz CT molecular complexity index is 327. The highest BCUT2D eigenvalue weighted by atomic mass is 16.5. The molecule has 0 aromatic rings. The van der Waals surface area contributed by atoms with E-state index in [-0.39, 0.29) is 0 Å². The van der Waals surface area contributed by atoms with E-state index in [4.69, 9.17) is 4.74 Å². The molecule has 1 aliphatic carbocycles. The van der Waals surface area contributed by atoms with Crippen LogP contribution in [-0.4, -0.2) is 0 Å². The first-order valence-electron chi connectivity index (χ1n) is 5.37. The van der Waals surface area contributed by atoms with Crippen molar-refractivity contribution in [3.8, 4) is 0 Å². The number of allylic oxidation sites excluding steroid dienone is 8. The highest BCUT2D eigenvalue weighted by Crippen LogP contribution is 2.15. The van der Waals surface area contributed by atoms with E-state index in [1.165, 1.54) is 0 Å². The van der Waals surface area contributed by atoms with Crippen LogP contribution in [0.4, 0.5) is 0 Å². The first-order chi connectivity index (χ1) is 7.36. The first-order valence-corrected chi connectivity index (χ1v) is 5.37. The molecule has 80 valence electrons. The van der Waals surface area contributed by atoms with Crippen molar-refractivity contribution >= 4 is 0 Å². The van der Waals surface area contributed by atoms with Gasteiger partial charge in [-0.3, -0.25) is 0 Å². The molecule has 0 atom stereocenters. The molecule has 1 rings (SSSR count). The van der Waals surface area contributed by atoms with Crippen LogP contribution in [0.15, 0.2) is 60.1 Å². The Labute approximate surface area is 92.1 Å². The maximum atomic E-state index is 5.73. The molecule has 0 N–H and O–H groups in total. The Hall–Kier alpha value is -1.50. The fourth-order valence-electron chi connectivity index (χ4n) is 1.28. The topological polar surface area (TPSA) is 9.23 Å². The summed E-state index contributed by atoms with van der Waals surface area (Å²) >= 11 is 0. The molecule has 0 saturated carbocycles. The van der Waals surface area contributed by atoms with Crippen LogP contribution in [0.1, 0.15) is 26.7 Å². The van der Waals surface area contributed by atoms with Crippen molar-refractivity contribution in [2.24, 2.45) is 0 Å². The smallest absolute Gasteiger partial charge is 0.127 e. The van der Waals surface area contributed by atoms with Gasteiger partial charge in [-0.1, -0.05) is 24.3 Å². The summed E-state index contributed by atoms with van der Waals surface area (Å²) in [7, 11) is 0. The van der Waals surface area contributed by atoms with E-state index in [1.54, 1.807) is 0 Å².